The molecule has 0 bridgehead atoms. The molecule has 0 radical (unpaired) electrons. The maximum absolute atomic E-state index is 12.8. The van der Waals surface area contributed by atoms with Gasteiger partial charge in [0.15, 0.2) is 0 Å². The summed E-state index contributed by atoms with van der Waals surface area (Å²) >= 11 is 0. The first-order valence-corrected chi connectivity index (χ1v) is 8.85. The highest BCUT2D eigenvalue weighted by atomic mass is 35.5. The van der Waals surface area contributed by atoms with Gasteiger partial charge in [0.2, 0.25) is 5.95 Å². The Labute approximate surface area is 159 Å². The second kappa shape index (κ2) is 7.89. The van der Waals surface area contributed by atoms with Crippen LogP contribution in [-0.4, -0.2) is 28.5 Å². The molecule has 0 saturated carbocycles. The molecular weight excluding hydrogens is 348 g/mol. The van der Waals surface area contributed by atoms with Crippen LogP contribution in [0.3, 0.4) is 0 Å². The van der Waals surface area contributed by atoms with E-state index in [1.807, 2.05) is 41.0 Å². The number of nitrogens with zero attached hydrogens (tertiary/aromatic N) is 2. The number of hydrogen-bond acceptors (Lipinski definition) is 3. The predicted molar refractivity (Wildman–Crippen MR) is 107 cm³/mol. The zero-order chi connectivity index (χ0) is 17.2. The molecule has 0 fully saturated rings. The summed E-state index contributed by atoms with van der Waals surface area (Å²) < 4.78 is 2.03. The van der Waals surface area contributed by atoms with Gasteiger partial charge in [-0.15, -0.1) is 12.4 Å². The lowest BCUT2D eigenvalue weighted by Gasteiger charge is -2.10. The number of carbonyl (C=O) groups is 1. The fraction of sp³-hybridized carbons (Fsp3) is 0.300. The van der Waals surface area contributed by atoms with Crippen molar-refractivity contribution in [3.8, 4) is 0 Å². The molecule has 5 nitrogen and oxygen atoms in total. The van der Waals surface area contributed by atoms with Crippen molar-refractivity contribution in [3.63, 3.8) is 0 Å². The van der Waals surface area contributed by atoms with Crippen LogP contribution in [0.15, 0.2) is 42.5 Å². The number of rotatable bonds is 3. The summed E-state index contributed by atoms with van der Waals surface area (Å²) in [5.74, 6) is 0.496. The normalized spacial score (nSPS) is 13.6. The Bertz CT molecular complexity index is 935. The van der Waals surface area contributed by atoms with Gasteiger partial charge in [-0.2, -0.15) is 0 Å². The second-order valence-corrected chi connectivity index (χ2v) is 6.36. The van der Waals surface area contributed by atoms with E-state index in [0.717, 1.165) is 43.5 Å². The van der Waals surface area contributed by atoms with Crippen LogP contribution in [0.25, 0.3) is 11.0 Å². The van der Waals surface area contributed by atoms with Crippen LogP contribution in [0.5, 0.6) is 0 Å². The third-order valence-corrected chi connectivity index (χ3v) is 4.81. The van der Waals surface area contributed by atoms with Crippen molar-refractivity contribution in [2.24, 2.45) is 0 Å². The van der Waals surface area contributed by atoms with Gasteiger partial charge < -0.3 is 9.88 Å². The molecule has 1 amide bonds. The average molecular weight is 371 g/mol. The summed E-state index contributed by atoms with van der Waals surface area (Å²) in [7, 11) is 0. The molecule has 2 heterocycles. The number of aryl methyl sites for hydroxylation is 1. The van der Waals surface area contributed by atoms with E-state index in [0.29, 0.717) is 11.5 Å². The standard InChI is InChI=1S/C20H22N4O.ClH/c1-2-24-18-6-4-3-5-17(18)22-20(24)23-19(25)16-8-7-14-9-11-21-12-10-15(14)13-16;/h3-8,13,21H,2,9-12H2,1H3,(H,22,23,25);1H. The number of hydrogen-bond donors (Lipinski definition) is 2. The zero-order valence-electron chi connectivity index (χ0n) is 14.8. The van der Waals surface area contributed by atoms with Gasteiger partial charge in [0.25, 0.3) is 5.91 Å². The molecule has 6 heteroatoms. The summed E-state index contributed by atoms with van der Waals surface area (Å²) in [5.41, 5.74) is 5.22. The van der Waals surface area contributed by atoms with Crippen molar-refractivity contribution in [2.75, 3.05) is 18.4 Å². The van der Waals surface area contributed by atoms with E-state index in [4.69, 9.17) is 0 Å². The first-order chi connectivity index (χ1) is 12.3. The minimum absolute atomic E-state index is 0. The van der Waals surface area contributed by atoms with Crippen molar-refractivity contribution < 1.29 is 4.79 Å². The highest BCUT2D eigenvalue weighted by Crippen LogP contribution is 2.21. The lowest BCUT2D eigenvalue weighted by atomic mass is 10.00. The highest BCUT2D eigenvalue weighted by molar-refractivity contribution is 6.04. The molecule has 26 heavy (non-hydrogen) atoms. The Hall–Kier alpha value is -2.37. The van der Waals surface area contributed by atoms with Gasteiger partial charge in [0.1, 0.15) is 0 Å². The summed E-state index contributed by atoms with van der Waals surface area (Å²) in [4.78, 5) is 17.3. The largest absolute Gasteiger partial charge is 0.316 e. The molecule has 3 aromatic rings. The van der Waals surface area contributed by atoms with Gasteiger partial charge in [-0.3, -0.25) is 10.1 Å². The van der Waals surface area contributed by atoms with Crippen molar-refractivity contribution in [2.45, 2.75) is 26.3 Å². The molecule has 2 N–H and O–H groups in total. The second-order valence-electron chi connectivity index (χ2n) is 6.36. The highest BCUT2D eigenvalue weighted by Gasteiger charge is 2.15. The van der Waals surface area contributed by atoms with E-state index in [9.17, 15) is 4.79 Å². The number of carbonyl (C=O) groups excluding carboxylic acids is 1. The SMILES string of the molecule is CCn1c(NC(=O)c2ccc3c(c2)CCNCC3)nc2ccccc21.Cl. The Morgan fingerprint density at radius 3 is 2.73 bits per heavy atom. The molecule has 0 spiro atoms. The molecule has 1 aliphatic heterocycles. The molecule has 0 unspecified atom stereocenters. The average Bonchev–Trinajstić information content (AvgIpc) is 2.81. The number of amides is 1. The van der Waals surface area contributed by atoms with Gasteiger partial charge in [0, 0.05) is 12.1 Å². The van der Waals surface area contributed by atoms with Gasteiger partial charge in [-0.25, -0.2) is 4.98 Å². The quantitative estimate of drug-likeness (QED) is 0.742. The fourth-order valence-corrected chi connectivity index (χ4v) is 3.48. The van der Waals surface area contributed by atoms with Crippen molar-refractivity contribution in [1.82, 2.24) is 14.9 Å². The molecular formula is C20H23ClN4O. The van der Waals surface area contributed by atoms with Gasteiger partial charge in [-0.05, 0) is 68.2 Å². The summed E-state index contributed by atoms with van der Waals surface area (Å²) in [5, 5.41) is 6.39. The molecule has 4 rings (SSSR count). The zero-order valence-corrected chi connectivity index (χ0v) is 15.6. The lowest BCUT2D eigenvalue weighted by Crippen LogP contribution is -2.16. The number of imidazole rings is 1. The van der Waals surface area contributed by atoms with Crippen molar-refractivity contribution in [1.29, 1.82) is 0 Å². The van der Waals surface area contributed by atoms with E-state index < -0.39 is 0 Å². The maximum atomic E-state index is 12.8. The minimum Gasteiger partial charge on any atom is -0.316 e. The van der Waals surface area contributed by atoms with Crippen LogP contribution in [0.2, 0.25) is 0 Å². The van der Waals surface area contributed by atoms with Crippen molar-refractivity contribution in [3.05, 3.63) is 59.2 Å². The van der Waals surface area contributed by atoms with Crippen LogP contribution < -0.4 is 10.6 Å². The Morgan fingerprint density at radius 1 is 1.15 bits per heavy atom. The predicted octanol–water partition coefficient (Wildman–Crippen LogP) is 3.42. The van der Waals surface area contributed by atoms with Crippen molar-refractivity contribution >= 4 is 35.3 Å². The van der Waals surface area contributed by atoms with Crippen LogP contribution in [0.1, 0.15) is 28.4 Å². The Kier molecular flexibility index (Phi) is 5.59. The monoisotopic (exact) mass is 370 g/mol. The van der Waals surface area contributed by atoms with E-state index in [2.05, 4.69) is 28.6 Å². The molecule has 1 aliphatic rings. The summed E-state index contributed by atoms with van der Waals surface area (Å²) in [6.07, 6.45) is 1.98. The Morgan fingerprint density at radius 2 is 1.92 bits per heavy atom. The van der Waals surface area contributed by atoms with Crippen LogP contribution >= 0.6 is 12.4 Å². The summed E-state index contributed by atoms with van der Waals surface area (Å²) in [6.45, 7) is 4.77. The molecule has 0 atom stereocenters. The van der Waals surface area contributed by atoms with Gasteiger partial charge >= 0.3 is 0 Å². The number of aromatic nitrogens is 2. The van der Waals surface area contributed by atoms with Gasteiger partial charge in [-0.1, -0.05) is 18.2 Å². The van der Waals surface area contributed by atoms with E-state index in [1.165, 1.54) is 11.1 Å². The molecule has 0 aliphatic carbocycles. The maximum Gasteiger partial charge on any atom is 0.257 e. The van der Waals surface area contributed by atoms with Crippen LogP contribution in [-0.2, 0) is 19.4 Å². The lowest BCUT2D eigenvalue weighted by molar-refractivity contribution is 0.102. The van der Waals surface area contributed by atoms with Crippen LogP contribution in [0.4, 0.5) is 5.95 Å². The third kappa shape index (κ3) is 3.45. The molecule has 2 aromatic carbocycles. The number of fused-ring (bicyclic) bond motifs is 2. The minimum atomic E-state index is -0.106. The van der Waals surface area contributed by atoms with E-state index >= 15 is 0 Å². The fourth-order valence-electron chi connectivity index (χ4n) is 3.48. The first kappa shape index (κ1) is 18.4. The van der Waals surface area contributed by atoms with Gasteiger partial charge in [0.05, 0.1) is 11.0 Å². The number of nitrogens with one attached hydrogen (secondary N) is 2. The third-order valence-electron chi connectivity index (χ3n) is 4.81. The molecule has 0 saturated heterocycles. The smallest absolute Gasteiger partial charge is 0.257 e. The number of para-hydroxylation sites is 2. The number of anilines is 1. The molecule has 136 valence electrons. The molecule has 1 aromatic heterocycles. The van der Waals surface area contributed by atoms with Crippen LogP contribution in [0, 0.1) is 0 Å². The van der Waals surface area contributed by atoms with E-state index in [-0.39, 0.29) is 18.3 Å². The number of halogens is 1. The summed E-state index contributed by atoms with van der Waals surface area (Å²) in [6, 6.07) is 14.0. The topological polar surface area (TPSA) is 59.0 Å². The van der Waals surface area contributed by atoms with E-state index in [1.54, 1.807) is 0 Å². The first-order valence-electron chi connectivity index (χ1n) is 8.85. The Balaban J connectivity index is 0.00000196. The number of benzene rings is 2.